The van der Waals surface area contributed by atoms with Gasteiger partial charge in [-0.05, 0) is 31.4 Å². The predicted octanol–water partition coefficient (Wildman–Crippen LogP) is 1.93. The SMILES string of the molecule is COc1cccc(OC)c1CCC(=O)NC[C@H]1CCCO1. The Bertz CT molecular complexity index is 447. The average Bonchev–Trinajstić information content (AvgIpc) is 3.03. The summed E-state index contributed by atoms with van der Waals surface area (Å²) in [5.41, 5.74) is 0.926. The van der Waals surface area contributed by atoms with Crippen molar-refractivity contribution in [3.05, 3.63) is 23.8 Å². The highest BCUT2D eigenvalue weighted by Crippen LogP contribution is 2.29. The van der Waals surface area contributed by atoms with Crippen LogP contribution in [0.1, 0.15) is 24.8 Å². The smallest absolute Gasteiger partial charge is 0.220 e. The largest absolute Gasteiger partial charge is 0.496 e. The third kappa shape index (κ3) is 4.36. The number of ether oxygens (including phenoxy) is 3. The van der Waals surface area contributed by atoms with E-state index in [0.717, 1.165) is 36.5 Å². The number of amides is 1. The maximum Gasteiger partial charge on any atom is 0.220 e. The summed E-state index contributed by atoms with van der Waals surface area (Å²) in [4.78, 5) is 11.9. The van der Waals surface area contributed by atoms with Gasteiger partial charge in [0, 0.05) is 25.1 Å². The van der Waals surface area contributed by atoms with Crippen LogP contribution in [0.5, 0.6) is 11.5 Å². The molecule has 1 aromatic rings. The molecular weight excluding hydrogens is 270 g/mol. The molecule has 116 valence electrons. The highest BCUT2D eigenvalue weighted by Gasteiger charge is 2.17. The van der Waals surface area contributed by atoms with Gasteiger partial charge in [-0.25, -0.2) is 0 Å². The van der Waals surface area contributed by atoms with Gasteiger partial charge in [-0.15, -0.1) is 0 Å². The molecule has 1 aliphatic heterocycles. The maximum atomic E-state index is 11.9. The van der Waals surface area contributed by atoms with Crippen molar-refractivity contribution in [1.29, 1.82) is 0 Å². The van der Waals surface area contributed by atoms with Gasteiger partial charge in [0.15, 0.2) is 0 Å². The lowest BCUT2D eigenvalue weighted by atomic mass is 10.1. The molecule has 1 amide bonds. The zero-order valence-electron chi connectivity index (χ0n) is 12.7. The molecule has 21 heavy (non-hydrogen) atoms. The van der Waals surface area contributed by atoms with E-state index in [-0.39, 0.29) is 12.0 Å². The summed E-state index contributed by atoms with van der Waals surface area (Å²) < 4.78 is 16.1. The lowest BCUT2D eigenvalue weighted by Crippen LogP contribution is -2.31. The summed E-state index contributed by atoms with van der Waals surface area (Å²) in [6.45, 7) is 1.40. The van der Waals surface area contributed by atoms with E-state index in [9.17, 15) is 4.79 Å². The van der Waals surface area contributed by atoms with Crippen molar-refractivity contribution < 1.29 is 19.0 Å². The summed E-state index contributed by atoms with van der Waals surface area (Å²) in [6, 6.07) is 5.63. The van der Waals surface area contributed by atoms with Crippen LogP contribution in [0.3, 0.4) is 0 Å². The minimum absolute atomic E-state index is 0.0264. The van der Waals surface area contributed by atoms with Crippen LogP contribution in [0, 0.1) is 0 Å². The predicted molar refractivity (Wildman–Crippen MR) is 79.9 cm³/mol. The number of hydrogen-bond acceptors (Lipinski definition) is 4. The van der Waals surface area contributed by atoms with Crippen LogP contribution >= 0.6 is 0 Å². The van der Waals surface area contributed by atoms with Crippen LogP contribution in [0.25, 0.3) is 0 Å². The van der Waals surface area contributed by atoms with Gasteiger partial charge >= 0.3 is 0 Å². The second-order valence-corrected chi connectivity index (χ2v) is 5.08. The Morgan fingerprint density at radius 3 is 2.62 bits per heavy atom. The molecule has 0 saturated carbocycles. The van der Waals surface area contributed by atoms with Gasteiger partial charge in [-0.3, -0.25) is 4.79 Å². The van der Waals surface area contributed by atoms with E-state index in [1.54, 1.807) is 14.2 Å². The van der Waals surface area contributed by atoms with Gasteiger partial charge in [0.05, 0.1) is 20.3 Å². The Labute approximate surface area is 125 Å². The first-order valence-electron chi connectivity index (χ1n) is 7.32. The Hall–Kier alpha value is -1.75. The molecular formula is C16H23NO4. The number of carbonyl (C=O) groups is 1. The molecule has 1 saturated heterocycles. The van der Waals surface area contributed by atoms with Crippen LogP contribution in [0.15, 0.2) is 18.2 Å². The van der Waals surface area contributed by atoms with Crippen molar-refractivity contribution >= 4 is 5.91 Å². The zero-order valence-corrected chi connectivity index (χ0v) is 12.7. The quantitative estimate of drug-likeness (QED) is 0.834. The minimum Gasteiger partial charge on any atom is -0.496 e. The van der Waals surface area contributed by atoms with Crippen LogP contribution in [0.2, 0.25) is 0 Å². The molecule has 0 unspecified atom stereocenters. The normalized spacial score (nSPS) is 17.5. The third-order valence-electron chi connectivity index (χ3n) is 3.68. The lowest BCUT2D eigenvalue weighted by molar-refractivity contribution is -0.121. The molecule has 0 radical (unpaired) electrons. The fourth-order valence-corrected chi connectivity index (χ4v) is 2.53. The molecule has 0 aromatic heterocycles. The topological polar surface area (TPSA) is 56.8 Å². The molecule has 1 atom stereocenters. The third-order valence-corrected chi connectivity index (χ3v) is 3.68. The number of methoxy groups -OCH3 is 2. The van der Waals surface area contributed by atoms with Crippen molar-refractivity contribution in [3.63, 3.8) is 0 Å². The summed E-state index contributed by atoms with van der Waals surface area (Å²) in [6.07, 6.45) is 3.28. The van der Waals surface area contributed by atoms with Crippen molar-refractivity contribution in [3.8, 4) is 11.5 Å². The monoisotopic (exact) mass is 293 g/mol. The molecule has 0 spiro atoms. The Morgan fingerprint density at radius 2 is 2.05 bits per heavy atom. The molecule has 1 N–H and O–H groups in total. The van der Waals surface area contributed by atoms with Crippen LogP contribution in [-0.2, 0) is 16.0 Å². The van der Waals surface area contributed by atoms with Gasteiger partial charge in [-0.1, -0.05) is 6.07 Å². The summed E-state index contributed by atoms with van der Waals surface area (Å²) in [5, 5.41) is 2.92. The lowest BCUT2D eigenvalue weighted by Gasteiger charge is -2.14. The second kappa shape index (κ2) is 7.88. The number of benzene rings is 1. The van der Waals surface area contributed by atoms with E-state index in [1.807, 2.05) is 18.2 Å². The summed E-state index contributed by atoms with van der Waals surface area (Å²) in [5.74, 6) is 1.53. The van der Waals surface area contributed by atoms with E-state index in [1.165, 1.54) is 0 Å². The average molecular weight is 293 g/mol. The minimum atomic E-state index is 0.0264. The van der Waals surface area contributed by atoms with Gasteiger partial charge in [0.2, 0.25) is 5.91 Å². The highest BCUT2D eigenvalue weighted by atomic mass is 16.5. The first-order valence-corrected chi connectivity index (χ1v) is 7.32. The Morgan fingerprint density at radius 1 is 1.33 bits per heavy atom. The highest BCUT2D eigenvalue weighted by molar-refractivity contribution is 5.76. The zero-order chi connectivity index (χ0) is 15.1. The van der Waals surface area contributed by atoms with E-state index in [4.69, 9.17) is 14.2 Å². The van der Waals surface area contributed by atoms with E-state index >= 15 is 0 Å². The fraction of sp³-hybridized carbons (Fsp3) is 0.562. The number of hydrogen-bond donors (Lipinski definition) is 1. The van der Waals surface area contributed by atoms with Crippen LogP contribution in [-0.4, -0.2) is 39.4 Å². The number of nitrogens with one attached hydrogen (secondary N) is 1. The molecule has 2 rings (SSSR count). The van der Waals surface area contributed by atoms with Gasteiger partial charge in [-0.2, -0.15) is 0 Å². The molecule has 0 bridgehead atoms. The molecule has 5 nitrogen and oxygen atoms in total. The van der Waals surface area contributed by atoms with Crippen LogP contribution < -0.4 is 14.8 Å². The molecule has 1 aliphatic rings. The van der Waals surface area contributed by atoms with Crippen LogP contribution in [0.4, 0.5) is 0 Å². The van der Waals surface area contributed by atoms with Gasteiger partial charge in [0.25, 0.3) is 0 Å². The Balaban J connectivity index is 1.85. The second-order valence-electron chi connectivity index (χ2n) is 5.08. The maximum absolute atomic E-state index is 11.9. The standard InChI is InChI=1S/C16H23NO4/c1-19-14-6-3-7-15(20-2)13(14)8-9-16(18)17-11-12-5-4-10-21-12/h3,6-7,12H,4-5,8-11H2,1-2H3,(H,17,18)/t12-/m1/s1. The van der Waals surface area contributed by atoms with E-state index < -0.39 is 0 Å². The molecule has 1 aromatic carbocycles. The molecule has 1 fully saturated rings. The summed E-state index contributed by atoms with van der Waals surface area (Å²) >= 11 is 0. The number of carbonyl (C=O) groups excluding carboxylic acids is 1. The molecule has 0 aliphatic carbocycles. The number of rotatable bonds is 7. The molecule has 5 heteroatoms. The summed E-state index contributed by atoms with van der Waals surface area (Å²) in [7, 11) is 3.24. The first kappa shape index (κ1) is 15.6. The first-order chi connectivity index (χ1) is 10.2. The van der Waals surface area contributed by atoms with E-state index in [2.05, 4.69) is 5.32 Å². The van der Waals surface area contributed by atoms with Crippen molar-refractivity contribution in [2.45, 2.75) is 31.8 Å². The van der Waals surface area contributed by atoms with Crippen molar-refractivity contribution in [2.24, 2.45) is 0 Å². The molecule has 1 heterocycles. The Kier molecular flexibility index (Phi) is 5.87. The van der Waals surface area contributed by atoms with Gasteiger partial charge in [0.1, 0.15) is 11.5 Å². The van der Waals surface area contributed by atoms with Crippen molar-refractivity contribution in [2.75, 3.05) is 27.4 Å². The van der Waals surface area contributed by atoms with Crippen molar-refractivity contribution in [1.82, 2.24) is 5.32 Å². The van der Waals surface area contributed by atoms with E-state index in [0.29, 0.717) is 19.4 Å². The van der Waals surface area contributed by atoms with Gasteiger partial charge < -0.3 is 19.5 Å². The fourth-order valence-electron chi connectivity index (χ4n) is 2.53.